The molecule has 0 spiro atoms. The first kappa shape index (κ1) is 13.7. The highest BCUT2D eigenvalue weighted by atomic mass is 35.5. The quantitative estimate of drug-likeness (QED) is 0.864. The molecule has 1 aromatic carbocycles. The summed E-state index contributed by atoms with van der Waals surface area (Å²) in [6, 6.07) is 9.23. The molecule has 0 unspecified atom stereocenters. The van der Waals surface area contributed by atoms with Crippen LogP contribution in [-0.4, -0.2) is 5.78 Å². The number of allylic oxidation sites excluding steroid dienone is 3. The van der Waals surface area contributed by atoms with Crippen LogP contribution in [0.15, 0.2) is 47.1 Å². The standard InChI is InChI=1S/C16H13ClN2O2/c17-10-4-1-3-9(7-10)14-11(8-18)16(19)21-13-6-2-5-12(20)15(13)14/h1,3-4,7,14H,2,5-6,19H2/t14-/m1/s1. The fourth-order valence-corrected chi connectivity index (χ4v) is 3.07. The molecule has 0 amide bonds. The van der Waals surface area contributed by atoms with Crippen LogP contribution >= 0.6 is 11.6 Å². The van der Waals surface area contributed by atoms with Crippen molar-refractivity contribution in [2.45, 2.75) is 25.2 Å². The fraction of sp³-hybridized carbons (Fsp3) is 0.250. The molecule has 0 fully saturated rings. The van der Waals surface area contributed by atoms with Gasteiger partial charge in [-0.15, -0.1) is 0 Å². The highest BCUT2D eigenvalue weighted by Gasteiger charge is 2.37. The first-order valence-electron chi connectivity index (χ1n) is 6.71. The first-order chi connectivity index (χ1) is 10.1. The molecule has 0 saturated carbocycles. The van der Waals surface area contributed by atoms with Gasteiger partial charge < -0.3 is 10.5 Å². The average Bonchev–Trinajstić information content (AvgIpc) is 2.46. The van der Waals surface area contributed by atoms with Crippen molar-refractivity contribution in [3.63, 3.8) is 0 Å². The Labute approximate surface area is 127 Å². The molecule has 0 saturated heterocycles. The number of carbonyl (C=O) groups is 1. The van der Waals surface area contributed by atoms with Crippen molar-refractivity contribution >= 4 is 17.4 Å². The van der Waals surface area contributed by atoms with Crippen molar-refractivity contribution in [3.8, 4) is 6.07 Å². The van der Waals surface area contributed by atoms with E-state index in [0.717, 1.165) is 12.0 Å². The van der Waals surface area contributed by atoms with Gasteiger partial charge in [0.05, 0.1) is 5.92 Å². The molecular formula is C16H13ClN2O2. The van der Waals surface area contributed by atoms with Gasteiger partial charge in [0.25, 0.3) is 0 Å². The zero-order valence-corrected chi connectivity index (χ0v) is 12.0. The van der Waals surface area contributed by atoms with Gasteiger partial charge in [0.15, 0.2) is 5.78 Å². The number of Topliss-reactive ketones (excluding diaryl/α,β-unsaturated/α-hetero) is 1. The van der Waals surface area contributed by atoms with E-state index in [-0.39, 0.29) is 17.2 Å². The van der Waals surface area contributed by atoms with Crippen LogP contribution in [0.4, 0.5) is 0 Å². The van der Waals surface area contributed by atoms with Crippen LogP contribution in [0.1, 0.15) is 30.7 Å². The van der Waals surface area contributed by atoms with Crippen molar-refractivity contribution in [2.75, 3.05) is 0 Å². The second kappa shape index (κ2) is 5.27. The third-order valence-electron chi connectivity index (χ3n) is 3.79. The molecule has 0 radical (unpaired) electrons. The summed E-state index contributed by atoms with van der Waals surface area (Å²) in [5.74, 6) is 0.204. The summed E-state index contributed by atoms with van der Waals surface area (Å²) < 4.78 is 5.51. The SMILES string of the molecule is N#CC1=C(N)OC2=C(C(=O)CCC2)[C@@H]1c1cccc(Cl)c1. The first-order valence-corrected chi connectivity index (χ1v) is 7.09. The van der Waals surface area contributed by atoms with Crippen LogP contribution in [0, 0.1) is 11.3 Å². The van der Waals surface area contributed by atoms with Crippen LogP contribution in [0.5, 0.6) is 0 Å². The molecule has 1 aliphatic carbocycles. The van der Waals surface area contributed by atoms with E-state index >= 15 is 0 Å². The Morgan fingerprint density at radius 1 is 1.38 bits per heavy atom. The van der Waals surface area contributed by atoms with E-state index in [0.29, 0.717) is 29.2 Å². The molecule has 1 aromatic rings. The van der Waals surface area contributed by atoms with Crippen molar-refractivity contribution in [3.05, 3.63) is 57.6 Å². The molecule has 1 heterocycles. The molecule has 0 aromatic heterocycles. The topological polar surface area (TPSA) is 76.1 Å². The van der Waals surface area contributed by atoms with Crippen LogP contribution in [-0.2, 0) is 9.53 Å². The summed E-state index contributed by atoms with van der Waals surface area (Å²) in [5, 5.41) is 9.96. The summed E-state index contributed by atoms with van der Waals surface area (Å²) in [4.78, 5) is 12.3. The lowest BCUT2D eigenvalue weighted by atomic mass is 9.78. The van der Waals surface area contributed by atoms with Crippen molar-refractivity contribution in [2.24, 2.45) is 5.73 Å². The molecule has 21 heavy (non-hydrogen) atoms. The summed E-state index contributed by atoms with van der Waals surface area (Å²) >= 11 is 6.04. The highest BCUT2D eigenvalue weighted by molar-refractivity contribution is 6.30. The third-order valence-corrected chi connectivity index (χ3v) is 4.02. The van der Waals surface area contributed by atoms with Crippen molar-refractivity contribution < 1.29 is 9.53 Å². The molecule has 0 bridgehead atoms. The third kappa shape index (κ3) is 2.30. The smallest absolute Gasteiger partial charge is 0.205 e. The Kier molecular flexibility index (Phi) is 3.44. The van der Waals surface area contributed by atoms with Crippen molar-refractivity contribution in [1.29, 1.82) is 5.26 Å². The van der Waals surface area contributed by atoms with Gasteiger partial charge in [-0.2, -0.15) is 5.26 Å². The monoisotopic (exact) mass is 300 g/mol. The van der Waals surface area contributed by atoms with E-state index in [1.807, 2.05) is 6.07 Å². The molecule has 5 heteroatoms. The molecule has 2 aliphatic rings. The maximum absolute atomic E-state index is 12.3. The summed E-state index contributed by atoms with van der Waals surface area (Å²) in [6.07, 6.45) is 1.88. The number of benzene rings is 1. The van der Waals surface area contributed by atoms with E-state index in [4.69, 9.17) is 22.1 Å². The number of nitrogens with two attached hydrogens (primary N) is 1. The summed E-state index contributed by atoms with van der Waals surface area (Å²) in [6.45, 7) is 0. The largest absolute Gasteiger partial charge is 0.444 e. The molecule has 3 rings (SSSR count). The minimum atomic E-state index is -0.481. The van der Waals surface area contributed by atoms with Gasteiger partial charge in [0.2, 0.25) is 5.88 Å². The van der Waals surface area contributed by atoms with E-state index < -0.39 is 5.92 Å². The van der Waals surface area contributed by atoms with Crippen molar-refractivity contribution in [1.82, 2.24) is 0 Å². The number of nitrogens with zero attached hydrogens (tertiary/aromatic N) is 1. The van der Waals surface area contributed by atoms with Crippen LogP contribution in [0.25, 0.3) is 0 Å². The number of ketones is 1. The zero-order chi connectivity index (χ0) is 15.0. The maximum atomic E-state index is 12.3. The predicted octanol–water partition coefficient (Wildman–Crippen LogP) is 3.15. The van der Waals surface area contributed by atoms with Gasteiger partial charge in [0.1, 0.15) is 17.4 Å². The van der Waals surface area contributed by atoms with Gasteiger partial charge >= 0.3 is 0 Å². The number of hydrogen-bond acceptors (Lipinski definition) is 4. The van der Waals surface area contributed by atoms with Crippen LogP contribution in [0.3, 0.4) is 0 Å². The minimum Gasteiger partial charge on any atom is -0.444 e. The van der Waals surface area contributed by atoms with Crippen LogP contribution < -0.4 is 5.73 Å². The molecule has 1 atom stereocenters. The number of hydrogen-bond donors (Lipinski definition) is 1. The Bertz CT molecular complexity index is 728. The molecular weight excluding hydrogens is 288 g/mol. The Hall–Kier alpha value is -2.25. The molecule has 1 aliphatic heterocycles. The summed E-state index contributed by atoms with van der Waals surface area (Å²) in [7, 11) is 0. The second-order valence-corrected chi connectivity index (χ2v) is 5.53. The second-order valence-electron chi connectivity index (χ2n) is 5.09. The summed E-state index contributed by atoms with van der Waals surface area (Å²) in [5.41, 5.74) is 7.47. The normalized spacial score (nSPS) is 21.7. The Balaban J connectivity index is 2.20. The average molecular weight is 301 g/mol. The Morgan fingerprint density at radius 2 is 2.19 bits per heavy atom. The van der Waals surface area contributed by atoms with E-state index in [2.05, 4.69) is 6.07 Å². The van der Waals surface area contributed by atoms with Gasteiger partial charge in [-0.1, -0.05) is 23.7 Å². The maximum Gasteiger partial charge on any atom is 0.205 e. The number of halogens is 1. The molecule has 4 nitrogen and oxygen atoms in total. The fourth-order valence-electron chi connectivity index (χ4n) is 2.88. The molecule has 2 N–H and O–H groups in total. The van der Waals surface area contributed by atoms with E-state index in [1.54, 1.807) is 18.2 Å². The van der Waals surface area contributed by atoms with Crippen LogP contribution in [0.2, 0.25) is 5.02 Å². The molecule has 106 valence electrons. The number of ether oxygens (including phenoxy) is 1. The van der Waals surface area contributed by atoms with E-state index in [1.165, 1.54) is 0 Å². The van der Waals surface area contributed by atoms with Gasteiger partial charge in [-0.25, -0.2) is 0 Å². The predicted molar refractivity (Wildman–Crippen MR) is 78.0 cm³/mol. The number of carbonyl (C=O) groups excluding carboxylic acids is 1. The zero-order valence-electron chi connectivity index (χ0n) is 11.2. The minimum absolute atomic E-state index is 0.0153. The number of rotatable bonds is 1. The Morgan fingerprint density at radius 3 is 2.90 bits per heavy atom. The highest BCUT2D eigenvalue weighted by Crippen LogP contribution is 2.43. The van der Waals surface area contributed by atoms with Gasteiger partial charge in [-0.05, 0) is 24.1 Å². The van der Waals surface area contributed by atoms with Gasteiger partial charge in [-0.3, -0.25) is 4.79 Å². The lowest BCUT2D eigenvalue weighted by Gasteiger charge is -2.31. The van der Waals surface area contributed by atoms with Gasteiger partial charge in [0, 0.05) is 23.4 Å². The van der Waals surface area contributed by atoms with E-state index in [9.17, 15) is 10.1 Å². The lowest BCUT2D eigenvalue weighted by Crippen LogP contribution is -2.27. The lowest BCUT2D eigenvalue weighted by molar-refractivity contribution is -0.116. The number of nitriles is 1.